The average molecular weight is 323 g/mol. The van der Waals surface area contributed by atoms with Crippen LogP contribution in [0.3, 0.4) is 0 Å². The number of imidazole rings is 1. The number of aromatic amines is 1. The Morgan fingerprint density at radius 1 is 1.25 bits per heavy atom. The molecule has 0 radical (unpaired) electrons. The Bertz CT molecular complexity index is 855. The first-order valence-electron chi connectivity index (χ1n) is 8.08. The number of nitrogens with one attached hydrogen (secondary N) is 2. The highest BCUT2D eigenvalue weighted by atomic mass is 16.5. The number of H-pyrrole nitrogens is 1. The zero-order chi connectivity index (χ0) is 16.9. The highest BCUT2D eigenvalue weighted by Gasteiger charge is 2.08. The molecule has 5 nitrogen and oxygen atoms in total. The maximum absolute atomic E-state index is 12.3. The van der Waals surface area contributed by atoms with Crippen molar-refractivity contribution >= 4 is 16.9 Å². The smallest absolute Gasteiger partial charge is 0.251 e. The van der Waals surface area contributed by atoms with Crippen molar-refractivity contribution in [2.24, 2.45) is 0 Å². The van der Waals surface area contributed by atoms with E-state index in [9.17, 15) is 4.79 Å². The van der Waals surface area contributed by atoms with Crippen molar-refractivity contribution in [1.29, 1.82) is 0 Å². The van der Waals surface area contributed by atoms with Crippen LogP contribution in [0.4, 0.5) is 0 Å². The van der Waals surface area contributed by atoms with Gasteiger partial charge in [0.15, 0.2) is 0 Å². The number of aryl methyl sites for hydroxylation is 1. The van der Waals surface area contributed by atoms with Crippen molar-refractivity contribution in [1.82, 2.24) is 15.3 Å². The minimum absolute atomic E-state index is 0.0860. The summed E-state index contributed by atoms with van der Waals surface area (Å²) in [4.78, 5) is 19.5. The number of ether oxygens (including phenoxy) is 1. The van der Waals surface area contributed by atoms with Crippen molar-refractivity contribution in [3.8, 4) is 5.75 Å². The molecule has 1 aromatic heterocycles. The molecule has 0 aliphatic carbocycles. The number of carbonyl (C=O) groups excluding carboxylic acids is 1. The van der Waals surface area contributed by atoms with Crippen LogP contribution in [0.5, 0.6) is 5.75 Å². The summed E-state index contributed by atoms with van der Waals surface area (Å²) in [5.74, 6) is 0.775. The molecule has 0 bridgehead atoms. The van der Waals surface area contributed by atoms with E-state index in [1.54, 1.807) is 19.5 Å². The van der Waals surface area contributed by atoms with E-state index in [0.717, 1.165) is 35.2 Å². The molecule has 0 fully saturated rings. The predicted molar refractivity (Wildman–Crippen MR) is 94.5 cm³/mol. The van der Waals surface area contributed by atoms with Gasteiger partial charge in [-0.3, -0.25) is 4.79 Å². The third kappa shape index (κ3) is 3.40. The van der Waals surface area contributed by atoms with Crippen LogP contribution in [0, 0.1) is 0 Å². The lowest BCUT2D eigenvalue weighted by molar-refractivity contribution is 0.0954. The minimum atomic E-state index is -0.0860. The Morgan fingerprint density at radius 2 is 2.12 bits per heavy atom. The highest BCUT2D eigenvalue weighted by molar-refractivity contribution is 5.97. The Hall–Kier alpha value is -2.82. The van der Waals surface area contributed by atoms with Crippen LogP contribution in [0.25, 0.3) is 11.0 Å². The number of hydrogen-bond donors (Lipinski definition) is 2. The number of nitrogens with zero attached hydrogens (tertiary/aromatic N) is 1. The fourth-order valence-electron chi connectivity index (χ4n) is 2.74. The quantitative estimate of drug-likeness (QED) is 0.732. The maximum atomic E-state index is 12.3. The van der Waals surface area contributed by atoms with E-state index in [1.165, 1.54) is 5.56 Å². The van der Waals surface area contributed by atoms with Crippen LogP contribution in [-0.2, 0) is 12.8 Å². The van der Waals surface area contributed by atoms with Gasteiger partial charge in [0.05, 0.1) is 24.5 Å². The summed E-state index contributed by atoms with van der Waals surface area (Å²) in [6.07, 6.45) is 3.34. The molecule has 0 aliphatic heterocycles. The molecule has 3 aromatic rings. The number of aromatic nitrogens is 2. The first-order valence-corrected chi connectivity index (χ1v) is 8.08. The van der Waals surface area contributed by atoms with Crippen LogP contribution in [-0.4, -0.2) is 29.5 Å². The summed E-state index contributed by atoms with van der Waals surface area (Å²) in [5.41, 5.74) is 4.72. The molecule has 2 aromatic carbocycles. The van der Waals surface area contributed by atoms with Crippen LogP contribution in [0.1, 0.15) is 28.4 Å². The van der Waals surface area contributed by atoms with Crippen molar-refractivity contribution in [2.75, 3.05) is 13.7 Å². The molecule has 24 heavy (non-hydrogen) atoms. The van der Waals surface area contributed by atoms with Gasteiger partial charge in [0.25, 0.3) is 5.91 Å². The van der Waals surface area contributed by atoms with E-state index < -0.39 is 0 Å². The van der Waals surface area contributed by atoms with Crippen LogP contribution in [0.2, 0.25) is 0 Å². The first-order chi connectivity index (χ1) is 11.7. The van der Waals surface area contributed by atoms with Crippen LogP contribution < -0.4 is 10.1 Å². The Kier molecular flexibility index (Phi) is 4.79. The fourth-order valence-corrected chi connectivity index (χ4v) is 2.74. The number of rotatable bonds is 6. The van der Waals surface area contributed by atoms with E-state index in [-0.39, 0.29) is 5.91 Å². The summed E-state index contributed by atoms with van der Waals surface area (Å²) in [6.45, 7) is 2.68. The fraction of sp³-hybridized carbons (Fsp3) is 0.263. The third-order valence-corrected chi connectivity index (χ3v) is 4.12. The largest absolute Gasteiger partial charge is 0.496 e. The van der Waals surface area contributed by atoms with Gasteiger partial charge in [0.2, 0.25) is 0 Å². The Morgan fingerprint density at radius 3 is 2.92 bits per heavy atom. The third-order valence-electron chi connectivity index (χ3n) is 4.12. The van der Waals surface area contributed by atoms with Crippen molar-refractivity contribution < 1.29 is 9.53 Å². The van der Waals surface area contributed by atoms with E-state index in [1.807, 2.05) is 18.2 Å². The summed E-state index contributed by atoms with van der Waals surface area (Å²) < 4.78 is 5.40. The average Bonchev–Trinajstić information content (AvgIpc) is 3.09. The maximum Gasteiger partial charge on any atom is 0.251 e. The van der Waals surface area contributed by atoms with Gasteiger partial charge in [0.1, 0.15) is 5.75 Å². The molecule has 5 heteroatoms. The van der Waals surface area contributed by atoms with E-state index in [4.69, 9.17) is 4.74 Å². The summed E-state index contributed by atoms with van der Waals surface area (Å²) in [7, 11) is 1.67. The normalized spacial score (nSPS) is 10.8. The Labute approximate surface area is 141 Å². The second-order valence-corrected chi connectivity index (χ2v) is 5.64. The molecule has 0 spiro atoms. The summed E-state index contributed by atoms with van der Waals surface area (Å²) in [6, 6.07) is 11.6. The van der Waals surface area contributed by atoms with E-state index in [0.29, 0.717) is 12.1 Å². The predicted octanol–water partition coefficient (Wildman–Crippen LogP) is 3.11. The van der Waals surface area contributed by atoms with Gasteiger partial charge in [-0.25, -0.2) is 4.98 Å². The van der Waals surface area contributed by atoms with Gasteiger partial charge >= 0.3 is 0 Å². The van der Waals surface area contributed by atoms with Crippen LogP contribution in [0.15, 0.2) is 42.7 Å². The lowest BCUT2D eigenvalue weighted by atomic mass is 10.0. The molecule has 1 amide bonds. The molecule has 124 valence electrons. The van der Waals surface area contributed by atoms with E-state index in [2.05, 4.69) is 34.3 Å². The van der Waals surface area contributed by atoms with Gasteiger partial charge in [-0.15, -0.1) is 0 Å². The van der Waals surface area contributed by atoms with Crippen LogP contribution >= 0.6 is 0 Å². The van der Waals surface area contributed by atoms with Crippen molar-refractivity contribution in [2.45, 2.75) is 19.8 Å². The molecular formula is C19H21N3O2. The number of fused-ring (bicyclic) bond motifs is 1. The molecule has 0 saturated carbocycles. The second-order valence-electron chi connectivity index (χ2n) is 5.64. The number of amides is 1. The first kappa shape index (κ1) is 16.1. The second kappa shape index (κ2) is 7.17. The molecule has 3 rings (SSSR count). The van der Waals surface area contributed by atoms with Gasteiger partial charge in [-0.1, -0.05) is 19.1 Å². The molecule has 2 N–H and O–H groups in total. The summed E-state index contributed by atoms with van der Waals surface area (Å²) >= 11 is 0. The molecule has 0 unspecified atom stereocenters. The highest BCUT2D eigenvalue weighted by Crippen LogP contribution is 2.20. The van der Waals surface area contributed by atoms with Crippen molar-refractivity contribution in [3.63, 3.8) is 0 Å². The number of carbonyl (C=O) groups is 1. The molecule has 0 atom stereocenters. The Balaban J connectivity index is 1.64. The molecule has 0 saturated heterocycles. The lowest BCUT2D eigenvalue weighted by Gasteiger charge is -2.11. The van der Waals surface area contributed by atoms with Crippen molar-refractivity contribution in [3.05, 3.63) is 59.4 Å². The monoisotopic (exact) mass is 323 g/mol. The van der Waals surface area contributed by atoms with Gasteiger partial charge in [-0.2, -0.15) is 0 Å². The zero-order valence-electron chi connectivity index (χ0n) is 13.9. The molecule has 0 aliphatic rings. The number of hydrogen-bond acceptors (Lipinski definition) is 3. The standard InChI is InChI=1S/C19H21N3O2/c1-3-13-4-7-18(24-2)14(10-13)8-9-20-19(23)15-5-6-16-17(11-15)22-12-21-16/h4-7,10-12H,3,8-9H2,1-2H3,(H,20,23)(H,21,22). The minimum Gasteiger partial charge on any atom is -0.496 e. The van der Waals surface area contributed by atoms with Gasteiger partial charge in [-0.05, 0) is 48.2 Å². The molecule has 1 heterocycles. The molecular weight excluding hydrogens is 302 g/mol. The topological polar surface area (TPSA) is 67.0 Å². The van der Waals surface area contributed by atoms with Gasteiger partial charge in [0, 0.05) is 12.1 Å². The van der Waals surface area contributed by atoms with Gasteiger partial charge < -0.3 is 15.0 Å². The number of methoxy groups -OCH3 is 1. The SMILES string of the molecule is CCc1ccc(OC)c(CCNC(=O)c2ccc3nc[nH]c3c2)c1. The van der Waals surface area contributed by atoms with E-state index >= 15 is 0 Å². The lowest BCUT2D eigenvalue weighted by Crippen LogP contribution is -2.25. The number of benzene rings is 2. The summed E-state index contributed by atoms with van der Waals surface area (Å²) in [5, 5.41) is 2.96. The zero-order valence-corrected chi connectivity index (χ0v) is 13.9.